The quantitative estimate of drug-likeness (QED) is 0.758. The van der Waals surface area contributed by atoms with Crippen molar-refractivity contribution in [2.24, 2.45) is 5.73 Å². The number of hydrogen-bond donors (Lipinski definition) is 2. The average Bonchev–Trinajstić information content (AvgIpc) is 2.60. The number of aryl methyl sites for hydroxylation is 1. The highest BCUT2D eigenvalue weighted by Crippen LogP contribution is 2.25. The molecule has 3 N–H and O–H groups in total. The Morgan fingerprint density at radius 1 is 1.16 bits per heavy atom. The minimum Gasteiger partial charge on any atom is -0.495 e. The summed E-state index contributed by atoms with van der Waals surface area (Å²) in [7, 11) is 1.53. The maximum Gasteiger partial charge on any atom is 0.240 e. The molecular weight excluding hydrogens is 340 g/mol. The standard InChI is InChI=1S/C19H21ClN2O3/c1-25-17-9-7-14(11-15(17)20)12-16(19(21)24)22-18(23)10-8-13-5-3-2-4-6-13/h2-7,9,11,16H,8,10,12H2,1H3,(H2,21,24)(H,22,23)/t16-/m1/s1. The van der Waals surface area contributed by atoms with Gasteiger partial charge in [0.05, 0.1) is 12.1 Å². The molecule has 0 radical (unpaired) electrons. The molecule has 132 valence electrons. The van der Waals surface area contributed by atoms with E-state index in [1.807, 2.05) is 30.3 Å². The lowest BCUT2D eigenvalue weighted by Gasteiger charge is -2.16. The zero-order valence-corrected chi connectivity index (χ0v) is 14.8. The largest absolute Gasteiger partial charge is 0.495 e. The molecule has 0 aliphatic carbocycles. The van der Waals surface area contributed by atoms with Crippen LogP contribution in [-0.2, 0) is 22.4 Å². The van der Waals surface area contributed by atoms with Crippen LogP contribution in [0.1, 0.15) is 17.5 Å². The molecule has 0 aromatic heterocycles. The smallest absolute Gasteiger partial charge is 0.240 e. The molecule has 0 saturated heterocycles. The van der Waals surface area contributed by atoms with Crippen LogP contribution < -0.4 is 15.8 Å². The van der Waals surface area contributed by atoms with Crippen LogP contribution in [0.4, 0.5) is 0 Å². The summed E-state index contributed by atoms with van der Waals surface area (Å²) in [5, 5.41) is 3.14. The summed E-state index contributed by atoms with van der Waals surface area (Å²) < 4.78 is 5.10. The number of nitrogens with two attached hydrogens (primary N) is 1. The molecule has 0 fully saturated rings. The van der Waals surface area contributed by atoms with Gasteiger partial charge >= 0.3 is 0 Å². The van der Waals surface area contributed by atoms with Crippen LogP contribution in [0.25, 0.3) is 0 Å². The molecule has 2 aromatic rings. The number of primary amides is 1. The van der Waals surface area contributed by atoms with Gasteiger partial charge in [-0.25, -0.2) is 0 Å². The third-order valence-corrected chi connectivity index (χ3v) is 4.11. The minimum atomic E-state index is -0.785. The second-order valence-electron chi connectivity index (χ2n) is 5.68. The Labute approximate surface area is 152 Å². The number of rotatable bonds is 8. The predicted octanol–water partition coefficient (Wildman–Crippen LogP) is 2.49. The Hall–Kier alpha value is -2.53. The van der Waals surface area contributed by atoms with Crippen molar-refractivity contribution in [2.75, 3.05) is 7.11 Å². The number of carbonyl (C=O) groups is 2. The number of nitrogens with one attached hydrogen (secondary N) is 1. The van der Waals surface area contributed by atoms with Gasteiger partial charge in [0.25, 0.3) is 0 Å². The zero-order valence-electron chi connectivity index (χ0n) is 14.0. The van der Waals surface area contributed by atoms with Gasteiger partial charge in [0.1, 0.15) is 11.8 Å². The summed E-state index contributed by atoms with van der Waals surface area (Å²) in [4.78, 5) is 23.8. The zero-order chi connectivity index (χ0) is 18.2. The Morgan fingerprint density at radius 3 is 2.48 bits per heavy atom. The van der Waals surface area contributed by atoms with Gasteiger partial charge in [0.15, 0.2) is 0 Å². The summed E-state index contributed by atoms with van der Waals surface area (Å²) in [6.07, 6.45) is 1.17. The molecule has 0 spiro atoms. The van der Waals surface area contributed by atoms with E-state index in [4.69, 9.17) is 22.1 Å². The Kier molecular flexibility index (Phi) is 6.83. The van der Waals surface area contributed by atoms with Crippen LogP contribution in [0.3, 0.4) is 0 Å². The van der Waals surface area contributed by atoms with Crippen molar-refractivity contribution in [2.45, 2.75) is 25.3 Å². The van der Waals surface area contributed by atoms with Gasteiger partial charge in [0, 0.05) is 12.8 Å². The summed E-state index contributed by atoms with van der Waals surface area (Å²) in [5.74, 6) is -0.250. The lowest BCUT2D eigenvalue weighted by atomic mass is 10.0. The predicted molar refractivity (Wildman–Crippen MR) is 97.6 cm³/mol. The number of benzene rings is 2. The van der Waals surface area contributed by atoms with E-state index in [0.717, 1.165) is 11.1 Å². The average molecular weight is 361 g/mol. The van der Waals surface area contributed by atoms with Crippen molar-refractivity contribution in [3.8, 4) is 5.75 Å². The molecule has 0 saturated carbocycles. The SMILES string of the molecule is COc1ccc(C[C@@H](NC(=O)CCc2ccccc2)C(N)=O)cc1Cl. The van der Waals surface area contributed by atoms with E-state index < -0.39 is 11.9 Å². The van der Waals surface area contributed by atoms with Crippen molar-refractivity contribution < 1.29 is 14.3 Å². The van der Waals surface area contributed by atoms with E-state index in [-0.39, 0.29) is 18.7 Å². The van der Waals surface area contributed by atoms with Crippen LogP contribution >= 0.6 is 11.6 Å². The third-order valence-electron chi connectivity index (χ3n) is 3.82. The van der Waals surface area contributed by atoms with E-state index in [1.54, 1.807) is 18.2 Å². The highest BCUT2D eigenvalue weighted by molar-refractivity contribution is 6.32. The molecule has 0 aliphatic heterocycles. The van der Waals surface area contributed by atoms with E-state index in [2.05, 4.69) is 5.32 Å². The molecule has 6 heteroatoms. The topological polar surface area (TPSA) is 81.4 Å². The van der Waals surface area contributed by atoms with Crippen LogP contribution in [0.15, 0.2) is 48.5 Å². The number of carbonyl (C=O) groups excluding carboxylic acids is 2. The molecule has 0 heterocycles. The van der Waals surface area contributed by atoms with Gasteiger partial charge < -0.3 is 15.8 Å². The number of methoxy groups -OCH3 is 1. The summed E-state index contributed by atoms with van der Waals surface area (Å²) >= 11 is 6.09. The van der Waals surface area contributed by atoms with Crippen molar-refractivity contribution in [1.82, 2.24) is 5.32 Å². The van der Waals surface area contributed by atoms with E-state index in [1.165, 1.54) is 7.11 Å². The highest BCUT2D eigenvalue weighted by Gasteiger charge is 2.19. The van der Waals surface area contributed by atoms with Gasteiger partial charge in [0.2, 0.25) is 11.8 Å². The van der Waals surface area contributed by atoms with Crippen LogP contribution in [0.5, 0.6) is 5.75 Å². The second kappa shape index (κ2) is 9.08. The van der Waals surface area contributed by atoms with Gasteiger partial charge in [-0.15, -0.1) is 0 Å². The molecular formula is C19H21ClN2O3. The number of halogens is 1. The fraction of sp³-hybridized carbons (Fsp3) is 0.263. The molecule has 0 aliphatic rings. The van der Waals surface area contributed by atoms with Crippen molar-refractivity contribution >= 4 is 23.4 Å². The lowest BCUT2D eigenvalue weighted by Crippen LogP contribution is -2.45. The van der Waals surface area contributed by atoms with Crippen LogP contribution in [-0.4, -0.2) is 25.0 Å². The Bertz CT molecular complexity index is 735. The van der Waals surface area contributed by atoms with Crippen LogP contribution in [0.2, 0.25) is 5.02 Å². The first-order valence-electron chi connectivity index (χ1n) is 7.94. The van der Waals surface area contributed by atoms with E-state index in [9.17, 15) is 9.59 Å². The fourth-order valence-electron chi connectivity index (χ4n) is 2.46. The monoisotopic (exact) mass is 360 g/mol. The minimum absolute atomic E-state index is 0.215. The molecule has 2 aromatic carbocycles. The highest BCUT2D eigenvalue weighted by atomic mass is 35.5. The summed E-state index contributed by atoms with van der Waals surface area (Å²) in [6, 6.07) is 14.1. The summed E-state index contributed by atoms with van der Waals surface area (Å²) in [6.45, 7) is 0. The van der Waals surface area contributed by atoms with Gasteiger partial charge in [-0.05, 0) is 29.7 Å². The van der Waals surface area contributed by atoms with Crippen LogP contribution in [0, 0.1) is 0 Å². The third kappa shape index (κ3) is 5.80. The Morgan fingerprint density at radius 2 is 1.88 bits per heavy atom. The van der Waals surface area contributed by atoms with Gasteiger partial charge in [-0.2, -0.15) is 0 Å². The second-order valence-corrected chi connectivity index (χ2v) is 6.09. The number of ether oxygens (including phenoxy) is 1. The van der Waals surface area contributed by atoms with Gasteiger partial charge in [-0.1, -0.05) is 48.0 Å². The summed E-state index contributed by atoms with van der Waals surface area (Å²) in [5.41, 5.74) is 7.28. The molecule has 5 nitrogen and oxygen atoms in total. The lowest BCUT2D eigenvalue weighted by molar-refractivity contribution is -0.127. The maximum absolute atomic E-state index is 12.1. The van der Waals surface area contributed by atoms with E-state index >= 15 is 0 Å². The first-order chi connectivity index (χ1) is 12.0. The molecule has 25 heavy (non-hydrogen) atoms. The van der Waals surface area contributed by atoms with Crippen molar-refractivity contribution in [3.05, 3.63) is 64.7 Å². The van der Waals surface area contributed by atoms with Crippen molar-refractivity contribution in [3.63, 3.8) is 0 Å². The molecule has 1 atom stereocenters. The normalized spacial score (nSPS) is 11.6. The first-order valence-corrected chi connectivity index (χ1v) is 8.32. The molecule has 0 bridgehead atoms. The van der Waals surface area contributed by atoms with Gasteiger partial charge in [-0.3, -0.25) is 9.59 Å². The molecule has 0 unspecified atom stereocenters. The number of amides is 2. The van der Waals surface area contributed by atoms with E-state index in [0.29, 0.717) is 17.2 Å². The fourth-order valence-corrected chi connectivity index (χ4v) is 2.74. The number of hydrogen-bond acceptors (Lipinski definition) is 3. The van der Waals surface area contributed by atoms with Crippen molar-refractivity contribution in [1.29, 1.82) is 0 Å². The first kappa shape index (κ1) is 18.8. The molecule has 2 rings (SSSR count). The maximum atomic E-state index is 12.1. The molecule has 2 amide bonds. The Balaban J connectivity index is 1.95.